The summed E-state index contributed by atoms with van der Waals surface area (Å²) in [6.45, 7) is 4.57. The molecule has 2 fully saturated rings. The van der Waals surface area contributed by atoms with Gasteiger partial charge in [0.15, 0.2) is 0 Å². The molecule has 1 amide bonds. The summed E-state index contributed by atoms with van der Waals surface area (Å²) in [7, 11) is 1.67. The maximum absolute atomic E-state index is 12.9. The first-order valence-corrected chi connectivity index (χ1v) is 9.91. The monoisotopic (exact) mass is 344 g/mol. The van der Waals surface area contributed by atoms with Gasteiger partial charge in [-0.3, -0.25) is 4.79 Å². The molecule has 0 saturated carbocycles. The minimum atomic E-state index is 0.286. The lowest BCUT2D eigenvalue weighted by Gasteiger charge is -2.37. The number of ether oxygens (including phenoxy) is 1. The molecule has 2 heterocycles. The number of piperidine rings is 2. The number of likely N-dealkylation sites (tertiary alicyclic amines) is 2. The second-order valence-electron chi connectivity index (χ2n) is 7.45. The Bertz CT molecular complexity index is 537. The van der Waals surface area contributed by atoms with Crippen molar-refractivity contribution in [3.63, 3.8) is 0 Å². The van der Waals surface area contributed by atoms with Crippen LogP contribution in [0.15, 0.2) is 24.3 Å². The van der Waals surface area contributed by atoms with Crippen LogP contribution >= 0.6 is 0 Å². The van der Waals surface area contributed by atoms with E-state index in [1.165, 1.54) is 45.2 Å². The molecule has 0 aromatic heterocycles. The molecule has 138 valence electrons. The van der Waals surface area contributed by atoms with Gasteiger partial charge in [0.25, 0.3) is 0 Å². The third kappa shape index (κ3) is 5.21. The lowest BCUT2D eigenvalue weighted by atomic mass is 9.97. The van der Waals surface area contributed by atoms with E-state index in [2.05, 4.69) is 9.80 Å². The van der Waals surface area contributed by atoms with Crippen molar-refractivity contribution in [1.29, 1.82) is 0 Å². The van der Waals surface area contributed by atoms with Crippen molar-refractivity contribution < 1.29 is 9.53 Å². The summed E-state index contributed by atoms with van der Waals surface area (Å²) in [5.74, 6) is 1.13. The molecular formula is C21H32N2O2. The fraction of sp³-hybridized carbons (Fsp3) is 0.667. The number of hydrogen-bond acceptors (Lipinski definition) is 3. The van der Waals surface area contributed by atoms with Crippen molar-refractivity contribution in [2.75, 3.05) is 33.3 Å². The van der Waals surface area contributed by atoms with Crippen LogP contribution in [0, 0.1) is 0 Å². The molecule has 4 heteroatoms. The van der Waals surface area contributed by atoms with Gasteiger partial charge in [-0.05, 0) is 69.3 Å². The summed E-state index contributed by atoms with van der Waals surface area (Å²) < 4.78 is 5.20. The summed E-state index contributed by atoms with van der Waals surface area (Å²) >= 11 is 0. The topological polar surface area (TPSA) is 32.8 Å². The normalized spacial score (nSPS) is 22.0. The van der Waals surface area contributed by atoms with Crippen LogP contribution in [-0.4, -0.2) is 55.0 Å². The summed E-state index contributed by atoms with van der Waals surface area (Å²) in [6, 6.07) is 8.31. The van der Waals surface area contributed by atoms with E-state index in [0.29, 0.717) is 12.5 Å². The first kappa shape index (κ1) is 18.2. The zero-order valence-corrected chi connectivity index (χ0v) is 15.6. The van der Waals surface area contributed by atoms with E-state index in [1.54, 1.807) is 7.11 Å². The average Bonchev–Trinajstić information content (AvgIpc) is 2.68. The third-order valence-electron chi connectivity index (χ3n) is 5.69. The third-order valence-corrected chi connectivity index (χ3v) is 5.69. The maximum Gasteiger partial charge on any atom is 0.227 e. The number of rotatable bonds is 6. The Hall–Kier alpha value is -1.55. The van der Waals surface area contributed by atoms with Crippen molar-refractivity contribution >= 4 is 5.91 Å². The number of nitrogens with zero attached hydrogens (tertiary/aromatic N) is 2. The molecule has 25 heavy (non-hydrogen) atoms. The highest BCUT2D eigenvalue weighted by Crippen LogP contribution is 2.22. The Morgan fingerprint density at radius 3 is 2.48 bits per heavy atom. The molecule has 2 aliphatic heterocycles. The number of benzene rings is 1. The largest absolute Gasteiger partial charge is 0.497 e. The molecule has 0 N–H and O–H groups in total. The number of carbonyl (C=O) groups excluding carboxylic acids is 1. The number of carbonyl (C=O) groups is 1. The summed E-state index contributed by atoms with van der Waals surface area (Å²) in [5, 5.41) is 0. The number of methoxy groups -OCH3 is 1. The Labute approximate surface area is 152 Å². The van der Waals surface area contributed by atoms with Crippen LogP contribution in [0.1, 0.15) is 50.5 Å². The van der Waals surface area contributed by atoms with Crippen molar-refractivity contribution in [3.05, 3.63) is 29.8 Å². The zero-order chi connectivity index (χ0) is 17.5. The highest BCUT2D eigenvalue weighted by molar-refractivity contribution is 5.79. The quantitative estimate of drug-likeness (QED) is 0.792. The predicted molar refractivity (Wildman–Crippen MR) is 101 cm³/mol. The van der Waals surface area contributed by atoms with Gasteiger partial charge in [0.1, 0.15) is 5.75 Å². The number of amides is 1. The molecule has 0 aliphatic carbocycles. The minimum Gasteiger partial charge on any atom is -0.497 e. The van der Waals surface area contributed by atoms with Gasteiger partial charge in [0.05, 0.1) is 13.5 Å². The smallest absolute Gasteiger partial charge is 0.227 e. The van der Waals surface area contributed by atoms with Gasteiger partial charge < -0.3 is 14.5 Å². The van der Waals surface area contributed by atoms with Gasteiger partial charge in [0.2, 0.25) is 5.91 Å². The van der Waals surface area contributed by atoms with E-state index in [1.807, 2.05) is 24.3 Å². The molecule has 4 nitrogen and oxygen atoms in total. The van der Waals surface area contributed by atoms with Crippen molar-refractivity contribution in [2.24, 2.45) is 0 Å². The van der Waals surface area contributed by atoms with E-state index in [-0.39, 0.29) is 5.91 Å². The van der Waals surface area contributed by atoms with E-state index < -0.39 is 0 Å². The average molecular weight is 344 g/mol. The highest BCUT2D eigenvalue weighted by atomic mass is 16.5. The van der Waals surface area contributed by atoms with Gasteiger partial charge in [-0.2, -0.15) is 0 Å². The van der Waals surface area contributed by atoms with E-state index in [0.717, 1.165) is 37.2 Å². The fourth-order valence-corrected chi connectivity index (χ4v) is 4.16. The molecule has 0 unspecified atom stereocenters. The second kappa shape index (κ2) is 9.23. The molecule has 0 spiro atoms. The molecule has 1 aromatic carbocycles. The second-order valence-corrected chi connectivity index (χ2v) is 7.45. The molecule has 0 bridgehead atoms. The van der Waals surface area contributed by atoms with Gasteiger partial charge in [-0.1, -0.05) is 18.6 Å². The van der Waals surface area contributed by atoms with E-state index in [9.17, 15) is 4.79 Å². The van der Waals surface area contributed by atoms with Crippen LogP contribution < -0.4 is 4.74 Å². The Morgan fingerprint density at radius 1 is 1.04 bits per heavy atom. The van der Waals surface area contributed by atoms with Crippen LogP contribution in [0.5, 0.6) is 5.75 Å². The van der Waals surface area contributed by atoms with Crippen molar-refractivity contribution in [1.82, 2.24) is 9.80 Å². The Balaban J connectivity index is 1.54. The molecule has 0 radical (unpaired) electrons. The van der Waals surface area contributed by atoms with Crippen LogP contribution in [0.4, 0.5) is 0 Å². The lowest BCUT2D eigenvalue weighted by molar-refractivity contribution is -0.134. The SMILES string of the molecule is COc1ccc(CC(=O)N2CCCC[C@H]2CCN2CCCCC2)cc1. The van der Waals surface area contributed by atoms with Crippen LogP contribution in [0.25, 0.3) is 0 Å². The summed E-state index contributed by atoms with van der Waals surface area (Å²) in [6.07, 6.45) is 9.27. The van der Waals surface area contributed by atoms with Crippen LogP contribution in [0.2, 0.25) is 0 Å². The van der Waals surface area contributed by atoms with Gasteiger partial charge in [-0.25, -0.2) is 0 Å². The van der Waals surface area contributed by atoms with Crippen molar-refractivity contribution in [2.45, 2.75) is 57.4 Å². The van der Waals surface area contributed by atoms with Crippen LogP contribution in [-0.2, 0) is 11.2 Å². The maximum atomic E-state index is 12.9. The molecule has 1 atom stereocenters. The molecular weight excluding hydrogens is 312 g/mol. The van der Waals surface area contributed by atoms with E-state index >= 15 is 0 Å². The lowest BCUT2D eigenvalue weighted by Crippen LogP contribution is -2.46. The fourth-order valence-electron chi connectivity index (χ4n) is 4.16. The van der Waals surface area contributed by atoms with Crippen molar-refractivity contribution in [3.8, 4) is 5.75 Å². The zero-order valence-electron chi connectivity index (χ0n) is 15.6. The summed E-state index contributed by atoms with van der Waals surface area (Å²) in [4.78, 5) is 17.6. The predicted octanol–water partition coefficient (Wildman–Crippen LogP) is 3.49. The van der Waals surface area contributed by atoms with Gasteiger partial charge in [0, 0.05) is 19.1 Å². The molecule has 2 aliphatic rings. The van der Waals surface area contributed by atoms with Gasteiger partial charge in [-0.15, -0.1) is 0 Å². The number of hydrogen-bond donors (Lipinski definition) is 0. The van der Waals surface area contributed by atoms with Gasteiger partial charge >= 0.3 is 0 Å². The molecule has 2 saturated heterocycles. The molecule has 1 aromatic rings. The highest BCUT2D eigenvalue weighted by Gasteiger charge is 2.27. The van der Waals surface area contributed by atoms with E-state index in [4.69, 9.17) is 4.74 Å². The van der Waals surface area contributed by atoms with Crippen LogP contribution in [0.3, 0.4) is 0 Å². The summed E-state index contributed by atoms with van der Waals surface area (Å²) in [5.41, 5.74) is 1.08. The standard InChI is InChI=1S/C21H32N2O2/c1-25-20-10-8-18(9-11-20)17-21(24)23-15-6-3-7-19(23)12-16-22-13-4-2-5-14-22/h8-11,19H,2-7,12-17H2,1H3/t19-/m0/s1. The Morgan fingerprint density at radius 2 is 1.76 bits per heavy atom. The minimum absolute atomic E-state index is 0.286. The Kier molecular flexibility index (Phi) is 6.74. The first-order valence-electron chi connectivity index (χ1n) is 9.91. The molecule has 3 rings (SSSR count). The first-order chi connectivity index (χ1) is 12.3.